The van der Waals surface area contributed by atoms with Crippen molar-refractivity contribution in [3.63, 3.8) is 0 Å². The van der Waals surface area contributed by atoms with E-state index in [2.05, 4.69) is 20.5 Å². The number of rotatable bonds is 5. The number of nitrogens with one attached hydrogen (secondary N) is 1. The largest absolute Gasteiger partial charge is 0.408 e. The van der Waals surface area contributed by atoms with Gasteiger partial charge in [0.15, 0.2) is 0 Å². The van der Waals surface area contributed by atoms with Crippen molar-refractivity contribution in [1.29, 1.82) is 0 Å². The number of nitrogens with zero attached hydrogens (tertiary/aromatic N) is 3. The third-order valence-corrected chi connectivity index (χ3v) is 2.48. The monoisotopic (exact) mass is 225 g/mol. The first-order chi connectivity index (χ1) is 7.38. The quantitative estimate of drug-likeness (QED) is 0.776. The number of anilines is 1. The van der Waals surface area contributed by atoms with Crippen LogP contribution in [0, 0.1) is 0 Å². The van der Waals surface area contributed by atoms with E-state index < -0.39 is 0 Å². The summed E-state index contributed by atoms with van der Waals surface area (Å²) in [5, 5.41) is 13.6. The van der Waals surface area contributed by atoms with Gasteiger partial charge in [-0.1, -0.05) is 5.10 Å². The summed E-state index contributed by atoms with van der Waals surface area (Å²) in [6.45, 7) is 1.11. The first-order valence-electron chi connectivity index (χ1n) is 4.53. The molecule has 3 N–H and O–H groups in total. The van der Waals surface area contributed by atoms with Crippen molar-refractivity contribution in [1.82, 2.24) is 15.2 Å². The second-order valence-electron chi connectivity index (χ2n) is 2.82. The minimum atomic E-state index is 0.411. The molecule has 0 saturated heterocycles. The van der Waals surface area contributed by atoms with Crippen molar-refractivity contribution in [2.45, 2.75) is 13.0 Å². The van der Waals surface area contributed by atoms with E-state index in [1.54, 1.807) is 17.5 Å². The van der Waals surface area contributed by atoms with Gasteiger partial charge in [0, 0.05) is 24.5 Å². The summed E-state index contributed by atoms with van der Waals surface area (Å²) in [4.78, 5) is 4.12. The summed E-state index contributed by atoms with van der Waals surface area (Å²) in [5.74, 6) is 0.555. The molecule has 7 heteroatoms. The number of thiazole rings is 1. The lowest BCUT2D eigenvalue weighted by molar-refractivity contribution is 0.505. The molecule has 0 saturated carbocycles. The minimum Gasteiger partial charge on any atom is -0.408 e. The summed E-state index contributed by atoms with van der Waals surface area (Å²) >= 11 is 1.58. The lowest BCUT2D eigenvalue weighted by atomic mass is 10.4. The Hall–Kier alpha value is -1.47. The van der Waals surface area contributed by atoms with E-state index in [9.17, 15) is 0 Å². The Morgan fingerprint density at radius 2 is 2.40 bits per heavy atom. The van der Waals surface area contributed by atoms with Crippen molar-refractivity contribution in [3.05, 3.63) is 22.5 Å². The van der Waals surface area contributed by atoms with Crippen LogP contribution in [0.25, 0.3) is 0 Å². The van der Waals surface area contributed by atoms with E-state index in [1.165, 1.54) is 0 Å². The molecular formula is C8H11N5OS. The molecule has 0 unspecified atom stereocenters. The number of aromatic nitrogens is 3. The summed E-state index contributed by atoms with van der Waals surface area (Å²) in [7, 11) is 0. The van der Waals surface area contributed by atoms with Gasteiger partial charge in [0.05, 0.1) is 6.54 Å². The van der Waals surface area contributed by atoms with Crippen LogP contribution < -0.4 is 11.1 Å². The molecule has 2 rings (SSSR count). The number of hydrogen-bond acceptors (Lipinski definition) is 7. The van der Waals surface area contributed by atoms with Crippen molar-refractivity contribution in [3.8, 4) is 0 Å². The Balaban J connectivity index is 1.88. The maximum atomic E-state index is 5.36. The highest BCUT2D eigenvalue weighted by Gasteiger charge is 2.04. The first-order valence-corrected chi connectivity index (χ1v) is 5.41. The molecule has 2 heterocycles. The van der Waals surface area contributed by atoms with Crippen molar-refractivity contribution >= 4 is 17.4 Å². The first kappa shape index (κ1) is 10.1. The number of nitrogens with two attached hydrogens (primary N) is 1. The average Bonchev–Trinajstić information content (AvgIpc) is 2.85. The molecule has 2 aromatic heterocycles. The van der Waals surface area contributed by atoms with Crippen LogP contribution in [0.1, 0.15) is 10.9 Å². The Morgan fingerprint density at radius 3 is 3.13 bits per heavy atom. The summed E-state index contributed by atoms with van der Waals surface area (Å²) in [6.07, 6.45) is 2.36. The Bertz CT molecular complexity index is 399. The van der Waals surface area contributed by atoms with Crippen LogP contribution in [0.5, 0.6) is 0 Å². The predicted octanol–water partition coefficient (Wildman–Crippen LogP) is 0.639. The normalized spacial score (nSPS) is 10.5. The molecule has 0 bridgehead atoms. The van der Waals surface area contributed by atoms with E-state index >= 15 is 0 Å². The van der Waals surface area contributed by atoms with Crippen molar-refractivity contribution < 1.29 is 4.42 Å². The summed E-state index contributed by atoms with van der Waals surface area (Å²) in [6, 6.07) is 0.411. The van der Waals surface area contributed by atoms with E-state index in [0.29, 0.717) is 31.4 Å². The van der Waals surface area contributed by atoms with Crippen LogP contribution >= 0.6 is 11.3 Å². The fourth-order valence-corrected chi connectivity index (χ4v) is 1.60. The van der Waals surface area contributed by atoms with E-state index in [1.807, 2.05) is 5.38 Å². The summed E-state index contributed by atoms with van der Waals surface area (Å²) in [5.41, 5.74) is 5.36. The highest BCUT2D eigenvalue weighted by atomic mass is 32.1. The van der Waals surface area contributed by atoms with Crippen molar-refractivity contribution in [2.24, 2.45) is 5.73 Å². The highest BCUT2D eigenvalue weighted by Crippen LogP contribution is 2.09. The van der Waals surface area contributed by atoms with Gasteiger partial charge in [-0.2, -0.15) is 0 Å². The predicted molar refractivity (Wildman–Crippen MR) is 56.5 cm³/mol. The fourth-order valence-electron chi connectivity index (χ4n) is 1.04. The molecule has 0 atom stereocenters. The van der Waals surface area contributed by atoms with Gasteiger partial charge in [0.1, 0.15) is 5.01 Å². The third kappa shape index (κ3) is 2.74. The molecular weight excluding hydrogens is 214 g/mol. The molecule has 0 radical (unpaired) electrons. The molecule has 0 aliphatic carbocycles. The van der Waals surface area contributed by atoms with Gasteiger partial charge < -0.3 is 15.5 Å². The molecule has 0 aliphatic rings. The molecule has 0 aliphatic heterocycles. The van der Waals surface area contributed by atoms with Gasteiger partial charge in [-0.15, -0.1) is 16.4 Å². The van der Waals surface area contributed by atoms with Gasteiger partial charge in [0.2, 0.25) is 5.89 Å². The molecule has 0 aromatic carbocycles. The zero-order chi connectivity index (χ0) is 10.5. The zero-order valence-corrected chi connectivity index (χ0v) is 8.83. The maximum Gasteiger partial charge on any atom is 0.315 e. The van der Waals surface area contributed by atoms with E-state index in [0.717, 1.165) is 5.01 Å². The summed E-state index contributed by atoms with van der Waals surface area (Å²) < 4.78 is 5.29. The van der Waals surface area contributed by atoms with Gasteiger partial charge in [0.25, 0.3) is 0 Å². The average molecular weight is 225 g/mol. The second-order valence-corrected chi connectivity index (χ2v) is 3.80. The van der Waals surface area contributed by atoms with E-state index in [4.69, 9.17) is 10.2 Å². The lowest BCUT2D eigenvalue weighted by Gasteiger charge is -1.95. The topological polar surface area (TPSA) is 89.9 Å². The fraction of sp³-hybridized carbons (Fsp3) is 0.375. The lowest BCUT2D eigenvalue weighted by Crippen LogP contribution is -2.02. The van der Waals surface area contributed by atoms with Crippen LogP contribution in [0.15, 0.2) is 16.0 Å². The third-order valence-electron chi connectivity index (χ3n) is 1.70. The molecule has 0 fully saturated rings. The molecule has 15 heavy (non-hydrogen) atoms. The molecule has 6 nitrogen and oxygen atoms in total. The maximum absolute atomic E-state index is 5.36. The SMILES string of the molecule is NCCc1nnc(NCc2nccs2)o1. The van der Waals surface area contributed by atoms with Gasteiger partial charge >= 0.3 is 6.01 Å². The number of hydrogen-bond donors (Lipinski definition) is 2. The van der Waals surface area contributed by atoms with Gasteiger partial charge in [-0.05, 0) is 0 Å². The minimum absolute atomic E-state index is 0.411. The van der Waals surface area contributed by atoms with Crippen LogP contribution in [0.4, 0.5) is 6.01 Å². The van der Waals surface area contributed by atoms with Crippen LogP contribution in [0.3, 0.4) is 0 Å². The Morgan fingerprint density at radius 1 is 1.47 bits per heavy atom. The van der Waals surface area contributed by atoms with Gasteiger partial charge in [-0.3, -0.25) is 0 Å². The zero-order valence-electron chi connectivity index (χ0n) is 8.01. The Labute approximate surface area is 90.5 Å². The standard InChI is InChI=1S/C8H11N5OS/c9-2-1-6-12-13-8(14-6)11-5-7-10-3-4-15-7/h3-4H,1-2,5,9H2,(H,11,13). The van der Waals surface area contributed by atoms with Crippen molar-refractivity contribution in [2.75, 3.05) is 11.9 Å². The van der Waals surface area contributed by atoms with Crippen LogP contribution in [-0.4, -0.2) is 21.7 Å². The Kier molecular flexibility index (Phi) is 3.25. The van der Waals surface area contributed by atoms with E-state index in [-0.39, 0.29) is 0 Å². The molecule has 0 spiro atoms. The highest BCUT2D eigenvalue weighted by molar-refractivity contribution is 7.09. The molecule has 0 amide bonds. The molecule has 80 valence electrons. The smallest absolute Gasteiger partial charge is 0.315 e. The van der Waals surface area contributed by atoms with Crippen LogP contribution in [-0.2, 0) is 13.0 Å². The van der Waals surface area contributed by atoms with Gasteiger partial charge in [-0.25, -0.2) is 4.98 Å². The van der Waals surface area contributed by atoms with Crippen LogP contribution in [0.2, 0.25) is 0 Å². The molecule has 2 aromatic rings. The second kappa shape index (κ2) is 4.85.